The molecule has 2 atom stereocenters. The van der Waals surface area contributed by atoms with E-state index in [0.29, 0.717) is 27.7 Å². The molecule has 190 valence electrons. The number of rotatable bonds is 5. The summed E-state index contributed by atoms with van der Waals surface area (Å²) < 4.78 is 27.9. The molecule has 2 heterocycles. The predicted molar refractivity (Wildman–Crippen MR) is 136 cm³/mol. The summed E-state index contributed by atoms with van der Waals surface area (Å²) in [7, 11) is 1.56. The van der Waals surface area contributed by atoms with Crippen molar-refractivity contribution >= 4 is 29.0 Å². The number of carbonyl (C=O) groups is 1. The molecule has 1 aliphatic rings. The summed E-state index contributed by atoms with van der Waals surface area (Å²) in [5.41, 5.74) is -0.761. The Morgan fingerprint density at radius 1 is 1.17 bits per heavy atom. The molecule has 9 heteroatoms. The molecule has 0 bridgehead atoms. The number of amides is 1. The molecular formula is C27H28ClF2N3O3. The SMILES string of the molecule is CN(C(=O)C(C)(C)c1cc(F)cc(F)c1)c1cnc(N2C[C@H](O)C[C@]2(C)O)cc1-c1ccccc1Cl. The smallest absolute Gasteiger partial charge is 0.236 e. The number of aliphatic hydroxyl groups excluding tert-OH is 1. The quantitative estimate of drug-likeness (QED) is 0.505. The molecule has 4 rings (SSSR count). The normalized spacial score (nSPS) is 20.0. The number of hydrogen-bond acceptors (Lipinski definition) is 5. The third-order valence-corrected chi connectivity index (χ3v) is 7.02. The van der Waals surface area contributed by atoms with Crippen molar-refractivity contribution in [3.63, 3.8) is 0 Å². The summed E-state index contributed by atoms with van der Waals surface area (Å²) in [6.07, 6.45) is 0.936. The van der Waals surface area contributed by atoms with E-state index >= 15 is 0 Å². The van der Waals surface area contributed by atoms with E-state index in [2.05, 4.69) is 4.98 Å². The molecule has 3 aromatic rings. The summed E-state index contributed by atoms with van der Waals surface area (Å²) in [6.45, 7) is 4.98. The average molecular weight is 516 g/mol. The maximum atomic E-state index is 13.9. The van der Waals surface area contributed by atoms with Gasteiger partial charge in [-0.15, -0.1) is 0 Å². The minimum absolute atomic E-state index is 0.161. The van der Waals surface area contributed by atoms with Gasteiger partial charge >= 0.3 is 0 Å². The number of pyridine rings is 1. The van der Waals surface area contributed by atoms with Crippen molar-refractivity contribution in [1.82, 2.24) is 4.98 Å². The second-order valence-corrected chi connectivity index (χ2v) is 10.3. The number of nitrogens with zero attached hydrogens (tertiary/aromatic N) is 3. The maximum Gasteiger partial charge on any atom is 0.236 e. The van der Waals surface area contributed by atoms with Crippen LogP contribution in [0.4, 0.5) is 20.3 Å². The minimum Gasteiger partial charge on any atom is -0.391 e. The van der Waals surface area contributed by atoms with Gasteiger partial charge in [-0.25, -0.2) is 13.8 Å². The lowest BCUT2D eigenvalue weighted by molar-refractivity contribution is -0.122. The van der Waals surface area contributed by atoms with Crippen LogP contribution < -0.4 is 9.80 Å². The molecular weight excluding hydrogens is 488 g/mol. The first-order valence-electron chi connectivity index (χ1n) is 11.5. The van der Waals surface area contributed by atoms with E-state index in [1.54, 1.807) is 57.0 Å². The van der Waals surface area contributed by atoms with E-state index in [1.807, 2.05) is 6.07 Å². The largest absolute Gasteiger partial charge is 0.391 e. The van der Waals surface area contributed by atoms with Gasteiger partial charge in [-0.1, -0.05) is 29.8 Å². The average Bonchev–Trinajstić information content (AvgIpc) is 3.09. The van der Waals surface area contributed by atoms with E-state index in [0.717, 1.165) is 18.2 Å². The molecule has 1 saturated heterocycles. The lowest BCUT2D eigenvalue weighted by atomic mass is 9.83. The van der Waals surface area contributed by atoms with Gasteiger partial charge < -0.3 is 20.0 Å². The first-order valence-corrected chi connectivity index (χ1v) is 11.9. The van der Waals surface area contributed by atoms with Crippen LogP contribution in [0, 0.1) is 11.6 Å². The Kier molecular flexibility index (Phi) is 6.81. The third-order valence-electron chi connectivity index (χ3n) is 6.69. The highest BCUT2D eigenvalue weighted by molar-refractivity contribution is 6.33. The molecule has 1 amide bonds. The van der Waals surface area contributed by atoms with Crippen LogP contribution >= 0.6 is 11.6 Å². The van der Waals surface area contributed by atoms with Crippen LogP contribution in [0.25, 0.3) is 11.1 Å². The van der Waals surface area contributed by atoms with E-state index < -0.39 is 34.8 Å². The van der Waals surface area contributed by atoms with Crippen LogP contribution in [0.5, 0.6) is 0 Å². The second kappa shape index (κ2) is 9.42. The van der Waals surface area contributed by atoms with Crippen LogP contribution in [0.3, 0.4) is 0 Å². The van der Waals surface area contributed by atoms with Crippen LogP contribution in [0.15, 0.2) is 54.7 Å². The number of halogens is 3. The van der Waals surface area contributed by atoms with Crippen LogP contribution in [0.1, 0.15) is 32.8 Å². The Balaban J connectivity index is 1.81. The molecule has 0 aliphatic carbocycles. The monoisotopic (exact) mass is 515 g/mol. The van der Waals surface area contributed by atoms with Crippen molar-refractivity contribution in [1.29, 1.82) is 0 Å². The highest BCUT2D eigenvalue weighted by atomic mass is 35.5. The number of β-amino-alcohol motifs (C(OH)–C–C–N with tert-alkyl or cyclic N) is 1. The van der Waals surface area contributed by atoms with Gasteiger partial charge in [-0.05, 0) is 50.6 Å². The van der Waals surface area contributed by atoms with Crippen LogP contribution in [-0.2, 0) is 10.2 Å². The molecule has 2 N–H and O–H groups in total. The topological polar surface area (TPSA) is 76.9 Å². The van der Waals surface area contributed by atoms with Crippen molar-refractivity contribution in [2.45, 2.75) is 44.4 Å². The molecule has 2 aromatic carbocycles. The Morgan fingerprint density at radius 2 is 1.81 bits per heavy atom. The Labute approximate surface area is 213 Å². The molecule has 36 heavy (non-hydrogen) atoms. The lowest BCUT2D eigenvalue weighted by Gasteiger charge is -2.33. The number of aromatic nitrogens is 1. The maximum absolute atomic E-state index is 13.9. The van der Waals surface area contributed by atoms with Gasteiger partial charge in [-0.3, -0.25) is 4.79 Å². The van der Waals surface area contributed by atoms with Gasteiger partial charge in [0.2, 0.25) is 5.91 Å². The number of benzene rings is 2. The highest BCUT2D eigenvalue weighted by Gasteiger charge is 2.41. The van der Waals surface area contributed by atoms with Crippen molar-refractivity contribution < 1.29 is 23.8 Å². The van der Waals surface area contributed by atoms with Crippen molar-refractivity contribution in [2.75, 3.05) is 23.4 Å². The standard InChI is InChI=1S/C27H28ClF2N3O3/c1-26(2,16-9-17(29)11-18(30)10-16)25(35)32(4)23-14-31-24(33-15-19(34)13-27(33,3)36)12-21(23)20-7-5-6-8-22(20)28/h5-12,14,19,34,36H,13,15H2,1-4H3/t19-,27+/m1/s1. The highest BCUT2D eigenvalue weighted by Crippen LogP contribution is 2.40. The second-order valence-electron chi connectivity index (χ2n) is 9.87. The van der Waals surface area contributed by atoms with Crippen molar-refractivity contribution in [3.05, 3.63) is 76.9 Å². The van der Waals surface area contributed by atoms with Crippen molar-refractivity contribution in [2.24, 2.45) is 0 Å². The summed E-state index contributed by atoms with van der Waals surface area (Å²) in [5.74, 6) is -1.55. The van der Waals surface area contributed by atoms with E-state index in [9.17, 15) is 23.8 Å². The zero-order valence-electron chi connectivity index (χ0n) is 20.5. The molecule has 0 radical (unpaired) electrons. The van der Waals surface area contributed by atoms with E-state index in [4.69, 9.17) is 11.6 Å². The molecule has 1 aromatic heterocycles. The summed E-state index contributed by atoms with van der Waals surface area (Å²) in [4.78, 5) is 21.2. The van der Waals surface area contributed by atoms with Gasteiger partial charge in [0.1, 0.15) is 23.2 Å². The molecule has 1 fully saturated rings. The predicted octanol–water partition coefficient (Wildman–Crippen LogP) is 4.90. The Morgan fingerprint density at radius 3 is 2.39 bits per heavy atom. The van der Waals surface area contributed by atoms with E-state index in [-0.39, 0.29) is 18.5 Å². The van der Waals surface area contributed by atoms with Gasteiger partial charge in [-0.2, -0.15) is 0 Å². The van der Waals surface area contributed by atoms with Gasteiger partial charge in [0, 0.05) is 42.2 Å². The zero-order chi connectivity index (χ0) is 26.4. The van der Waals surface area contributed by atoms with E-state index in [1.165, 1.54) is 11.1 Å². The third kappa shape index (κ3) is 4.81. The molecule has 6 nitrogen and oxygen atoms in total. The van der Waals surface area contributed by atoms with Crippen LogP contribution in [-0.4, -0.2) is 46.5 Å². The zero-order valence-corrected chi connectivity index (χ0v) is 21.2. The van der Waals surface area contributed by atoms with Gasteiger partial charge in [0.15, 0.2) is 0 Å². The molecule has 0 spiro atoms. The fraction of sp³-hybridized carbons (Fsp3) is 0.333. The number of anilines is 2. The van der Waals surface area contributed by atoms with Crippen molar-refractivity contribution in [3.8, 4) is 11.1 Å². The summed E-state index contributed by atoms with van der Waals surface area (Å²) in [6, 6.07) is 11.9. The van der Waals surface area contributed by atoms with Crippen LogP contribution in [0.2, 0.25) is 5.02 Å². The number of aliphatic hydroxyl groups is 2. The summed E-state index contributed by atoms with van der Waals surface area (Å²) in [5, 5.41) is 21.4. The fourth-order valence-electron chi connectivity index (χ4n) is 4.68. The Hall–Kier alpha value is -3.07. The molecule has 0 unspecified atom stereocenters. The fourth-order valence-corrected chi connectivity index (χ4v) is 4.92. The molecule has 0 saturated carbocycles. The number of hydrogen-bond donors (Lipinski definition) is 2. The lowest BCUT2D eigenvalue weighted by Crippen LogP contribution is -2.42. The number of likely N-dealkylation sites (N-methyl/N-ethyl adjacent to an activating group) is 1. The van der Waals surface area contributed by atoms with Gasteiger partial charge in [0.25, 0.3) is 0 Å². The summed E-state index contributed by atoms with van der Waals surface area (Å²) >= 11 is 6.52. The first-order chi connectivity index (χ1) is 16.8. The minimum atomic E-state index is -1.31. The number of carbonyl (C=O) groups excluding carboxylic acids is 1. The van der Waals surface area contributed by atoms with Gasteiger partial charge in [0.05, 0.1) is 23.4 Å². The first kappa shape index (κ1) is 26.0. The molecule has 1 aliphatic heterocycles. The Bertz CT molecular complexity index is 1290.